The number of halogens is 1. The van der Waals surface area contributed by atoms with Crippen LogP contribution in [0, 0.1) is 0 Å². The fourth-order valence-corrected chi connectivity index (χ4v) is 3.88. The van der Waals surface area contributed by atoms with Crippen molar-refractivity contribution in [3.63, 3.8) is 0 Å². The molecule has 5 nitrogen and oxygen atoms in total. The second-order valence-corrected chi connectivity index (χ2v) is 7.47. The highest BCUT2D eigenvalue weighted by Gasteiger charge is 2.33. The summed E-state index contributed by atoms with van der Waals surface area (Å²) in [4.78, 5) is 13.0. The molecule has 0 aliphatic heterocycles. The van der Waals surface area contributed by atoms with Crippen LogP contribution in [0.5, 0.6) is 11.5 Å². The number of nitrogens with one attached hydrogen (secondary N) is 2. The third-order valence-corrected chi connectivity index (χ3v) is 5.44. The average molecular weight is 419 g/mol. The monoisotopic (exact) mass is 418 g/mol. The van der Waals surface area contributed by atoms with Gasteiger partial charge in [-0.1, -0.05) is 17.7 Å². The van der Waals surface area contributed by atoms with E-state index in [4.69, 9.17) is 33.3 Å². The SMILES string of the molecule is COc1ccc(NC(=S)NC2CCCC(c3ccc(Cl)c(OC)c3)C2=O)cc1. The van der Waals surface area contributed by atoms with Crippen molar-refractivity contribution in [2.24, 2.45) is 0 Å². The number of anilines is 1. The molecule has 0 saturated heterocycles. The molecule has 2 atom stereocenters. The molecule has 0 spiro atoms. The van der Waals surface area contributed by atoms with Gasteiger partial charge in [0, 0.05) is 11.6 Å². The smallest absolute Gasteiger partial charge is 0.171 e. The molecule has 2 aromatic carbocycles. The lowest BCUT2D eigenvalue weighted by atomic mass is 9.80. The van der Waals surface area contributed by atoms with Gasteiger partial charge < -0.3 is 20.1 Å². The lowest BCUT2D eigenvalue weighted by Crippen LogP contribution is -2.46. The molecule has 1 aliphatic carbocycles. The Balaban J connectivity index is 1.65. The minimum Gasteiger partial charge on any atom is -0.497 e. The van der Waals surface area contributed by atoms with Crippen molar-refractivity contribution < 1.29 is 14.3 Å². The molecule has 0 aromatic heterocycles. The highest BCUT2D eigenvalue weighted by Crippen LogP contribution is 2.34. The molecule has 7 heteroatoms. The molecular weight excluding hydrogens is 396 g/mol. The Morgan fingerprint density at radius 1 is 1.11 bits per heavy atom. The van der Waals surface area contributed by atoms with E-state index in [2.05, 4.69) is 10.6 Å². The van der Waals surface area contributed by atoms with Crippen LogP contribution < -0.4 is 20.1 Å². The fraction of sp³-hybridized carbons (Fsp3) is 0.333. The number of rotatable bonds is 5. The zero-order valence-corrected chi connectivity index (χ0v) is 17.4. The maximum Gasteiger partial charge on any atom is 0.171 e. The topological polar surface area (TPSA) is 59.6 Å². The van der Waals surface area contributed by atoms with E-state index < -0.39 is 0 Å². The summed E-state index contributed by atoms with van der Waals surface area (Å²) < 4.78 is 10.4. The maximum atomic E-state index is 13.0. The van der Waals surface area contributed by atoms with E-state index in [1.807, 2.05) is 36.4 Å². The highest BCUT2D eigenvalue weighted by atomic mass is 35.5. The van der Waals surface area contributed by atoms with E-state index in [-0.39, 0.29) is 17.7 Å². The zero-order chi connectivity index (χ0) is 20.1. The first-order valence-electron chi connectivity index (χ1n) is 9.10. The Labute approximate surface area is 175 Å². The lowest BCUT2D eigenvalue weighted by molar-refractivity contribution is -0.123. The molecule has 1 aliphatic rings. The molecule has 0 bridgehead atoms. The van der Waals surface area contributed by atoms with Crippen molar-refractivity contribution in [3.8, 4) is 11.5 Å². The Bertz CT molecular complexity index is 857. The van der Waals surface area contributed by atoms with E-state index in [9.17, 15) is 4.79 Å². The predicted octanol–water partition coefficient (Wildman–Crippen LogP) is 4.55. The molecule has 0 heterocycles. The molecule has 1 saturated carbocycles. The molecule has 3 rings (SSSR count). The van der Waals surface area contributed by atoms with E-state index in [1.165, 1.54) is 0 Å². The summed E-state index contributed by atoms with van der Waals surface area (Å²) in [6.07, 6.45) is 2.50. The van der Waals surface area contributed by atoms with Crippen molar-refractivity contribution in [2.45, 2.75) is 31.2 Å². The Morgan fingerprint density at radius 3 is 2.54 bits per heavy atom. The number of hydrogen-bond donors (Lipinski definition) is 2. The standard InChI is InChI=1S/C21H23ClN2O3S/c1-26-15-9-7-14(8-10-15)23-21(28)24-18-5-3-4-16(20(18)25)13-6-11-17(22)19(12-13)27-2/h6-12,16,18H,3-5H2,1-2H3,(H2,23,24,28). The van der Waals surface area contributed by atoms with Gasteiger partial charge in [0.1, 0.15) is 11.5 Å². The molecule has 1 fully saturated rings. The van der Waals surface area contributed by atoms with Gasteiger partial charge in [-0.3, -0.25) is 4.79 Å². The first-order chi connectivity index (χ1) is 13.5. The number of carbonyl (C=O) groups is 1. The van der Waals surface area contributed by atoms with Gasteiger partial charge >= 0.3 is 0 Å². The number of methoxy groups -OCH3 is 2. The Hall–Kier alpha value is -2.31. The van der Waals surface area contributed by atoms with Crippen molar-refractivity contribution in [1.29, 1.82) is 0 Å². The zero-order valence-electron chi connectivity index (χ0n) is 15.8. The molecule has 0 amide bonds. The summed E-state index contributed by atoms with van der Waals surface area (Å²) in [7, 11) is 3.19. The van der Waals surface area contributed by atoms with E-state index >= 15 is 0 Å². The van der Waals surface area contributed by atoms with Gasteiger partial charge in [0.25, 0.3) is 0 Å². The van der Waals surface area contributed by atoms with Gasteiger partial charge in [-0.25, -0.2) is 0 Å². The third-order valence-electron chi connectivity index (χ3n) is 4.90. The Morgan fingerprint density at radius 2 is 1.86 bits per heavy atom. The van der Waals surface area contributed by atoms with Gasteiger partial charge in [-0.15, -0.1) is 0 Å². The summed E-state index contributed by atoms with van der Waals surface area (Å²) in [5.74, 6) is 1.29. The van der Waals surface area contributed by atoms with Crippen LogP contribution in [-0.2, 0) is 4.79 Å². The first-order valence-corrected chi connectivity index (χ1v) is 9.89. The van der Waals surface area contributed by atoms with Crippen LogP contribution in [0.15, 0.2) is 42.5 Å². The summed E-state index contributed by atoms with van der Waals surface area (Å²) in [6, 6.07) is 12.6. The number of Topliss-reactive ketones (excluding diaryl/α,β-unsaturated/α-hetero) is 1. The van der Waals surface area contributed by atoms with E-state index in [0.717, 1.165) is 36.3 Å². The van der Waals surface area contributed by atoms with E-state index in [1.54, 1.807) is 20.3 Å². The van der Waals surface area contributed by atoms with Crippen molar-refractivity contribution in [1.82, 2.24) is 5.32 Å². The second-order valence-electron chi connectivity index (χ2n) is 6.66. The number of ether oxygens (including phenoxy) is 2. The molecular formula is C21H23ClN2O3S. The number of ketones is 1. The van der Waals surface area contributed by atoms with Crippen LogP contribution in [-0.4, -0.2) is 31.2 Å². The van der Waals surface area contributed by atoms with Gasteiger partial charge in [-0.05, 0) is 73.4 Å². The van der Waals surface area contributed by atoms with Crippen LogP contribution in [0.3, 0.4) is 0 Å². The van der Waals surface area contributed by atoms with Crippen LogP contribution in [0.25, 0.3) is 0 Å². The van der Waals surface area contributed by atoms with Crippen LogP contribution in [0.2, 0.25) is 5.02 Å². The number of carbonyl (C=O) groups excluding carboxylic acids is 1. The summed E-state index contributed by atoms with van der Waals surface area (Å²) >= 11 is 11.5. The first kappa shape index (κ1) is 20.4. The van der Waals surface area contributed by atoms with Gasteiger partial charge in [-0.2, -0.15) is 0 Å². The van der Waals surface area contributed by atoms with Crippen molar-refractivity contribution in [3.05, 3.63) is 53.1 Å². The third kappa shape index (κ3) is 4.75. The largest absolute Gasteiger partial charge is 0.497 e. The number of benzene rings is 2. The van der Waals surface area contributed by atoms with Gasteiger partial charge in [0.2, 0.25) is 0 Å². The molecule has 2 unspecified atom stereocenters. The molecule has 2 aromatic rings. The average Bonchev–Trinajstić information content (AvgIpc) is 2.70. The number of thiocarbonyl (C=S) groups is 1. The van der Waals surface area contributed by atoms with Crippen LogP contribution in [0.1, 0.15) is 30.7 Å². The molecule has 28 heavy (non-hydrogen) atoms. The second kappa shape index (κ2) is 9.26. The minimum absolute atomic E-state index is 0.134. The van der Waals surface area contributed by atoms with Gasteiger partial charge in [0.05, 0.1) is 25.3 Å². The fourth-order valence-electron chi connectivity index (χ4n) is 3.42. The van der Waals surface area contributed by atoms with Crippen LogP contribution >= 0.6 is 23.8 Å². The summed E-state index contributed by atoms with van der Waals surface area (Å²) in [6.45, 7) is 0. The van der Waals surface area contributed by atoms with E-state index in [0.29, 0.717) is 15.9 Å². The summed E-state index contributed by atoms with van der Waals surface area (Å²) in [5.41, 5.74) is 1.76. The lowest BCUT2D eigenvalue weighted by Gasteiger charge is -2.29. The van der Waals surface area contributed by atoms with Crippen LogP contribution in [0.4, 0.5) is 5.69 Å². The summed E-state index contributed by atoms with van der Waals surface area (Å²) in [5, 5.41) is 7.25. The van der Waals surface area contributed by atoms with Gasteiger partial charge in [0.15, 0.2) is 10.9 Å². The maximum absolute atomic E-state index is 13.0. The highest BCUT2D eigenvalue weighted by molar-refractivity contribution is 7.80. The number of hydrogen-bond acceptors (Lipinski definition) is 4. The quantitative estimate of drug-likeness (QED) is 0.695. The Kier molecular flexibility index (Phi) is 6.75. The van der Waals surface area contributed by atoms with Crippen molar-refractivity contribution >= 4 is 40.4 Å². The minimum atomic E-state index is -0.321. The predicted molar refractivity (Wildman–Crippen MR) is 116 cm³/mol. The molecule has 148 valence electrons. The normalized spacial score (nSPS) is 19.0. The van der Waals surface area contributed by atoms with Crippen molar-refractivity contribution in [2.75, 3.05) is 19.5 Å². The molecule has 0 radical (unpaired) electrons. The molecule has 2 N–H and O–H groups in total.